The maximum Gasteiger partial charge on any atom is 0.314 e. The summed E-state index contributed by atoms with van der Waals surface area (Å²) in [5.74, 6) is 0.652. The number of urea groups is 1. The van der Waals surface area contributed by atoms with E-state index in [0.717, 1.165) is 45.3 Å². The molecule has 0 aromatic heterocycles. The molecule has 1 saturated heterocycles. The SMILES string of the molecule is CCNC(=O)NCCCCCN1CC[C@H](CNC(=O)c2cc(Cl)c(N)cc2OC)C1. The zero-order valence-electron chi connectivity index (χ0n) is 17.9. The first-order valence-corrected chi connectivity index (χ1v) is 11.0. The summed E-state index contributed by atoms with van der Waals surface area (Å²) in [6.07, 6.45) is 4.24. The fraction of sp³-hybridized carbons (Fsp3) is 0.619. The molecule has 3 amide bonds. The van der Waals surface area contributed by atoms with Crippen molar-refractivity contribution in [2.45, 2.75) is 32.6 Å². The molecular formula is C21H34ClN5O3. The fourth-order valence-electron chi connectivity index (χ4n) is 3.59. The number of nitrogens with two attached hydrogens (primary N) is 1. The van der Waals surface area contributed by atoms with Crippen molar-refractivity contribution in [2.24, 2.45) is 5.92 Å². The van der Waals surface area contributed by atoms with E-state index in [-0.39, 0.29) is 11.9 Å². The predicted octanol–water partition coefficient (Wildman–Crippen LogP) is 2.47. The van der Waals surface area contributed by atoms with Crippen LogP contribution in [-0.2, 0) is 0 Å². The van der Waals surface area contributed by atoms with E-state index in [1.165, 1.54) is 7.11 Å². The summed E-state index contributed by atoms with van der Waals surface area (Å²) in [5, 5.41) is 8.91. The molecule has 8 nitrogen and oxygen atoms in total. The van der Waals surface area contributed by atoms with Crippen molar-refractivity contribution in [2.75, 3.05) is 52.1 Å². The molecule has 2 rings (SSSR count). The molecule has 168 valence electrons. The van der Waals surface area contributed by atoms with Gasteiger partial charge in [0.1, 0.15) is 5.75 Å². The minimum Gasteiger partial charge on any atom is -0.496 e. The Labute approximate surface area is 183 Å². The van der Waals surface area contributed by atoms with E-state index in [2.05, 4.69) is 20.9 Å². The van der Waals surface area contributed by atoms with Crippen LogP contribution < -0.4 is 26.4 Å². The number of rotatable bonds is 11. The Morgan fingerprint density at radius 2 is 2.03 bits per heavy atom. The van der Waals surface area contributed by atoms with Gasteiger partial charge in [-0.1, -0.05) is 18.0 Å². The van der Waals surface area contributed by atoms with Gasteiger partial charge in [-0.15, -0.1) is 0 Å². The summed E-state index contributed by atoms with van der Waals surface area (Å²) in [5.41, 5.74) is 6.56. The number of anilines is 1. The van der Waals surface area contributed by atoms with E-state index < -0.39 is 0 Å². The van der Waals surface area contributed by atoms with Gasteiger partial charge in [-0.2, -0.15) is 0 Å². The molecule has 9 heteroatoms. The van der Waals surface area contributed by atoms with Crippen LogP contribution in [0.2, 0.25) is 5.02 Å². The van der Waals surface area contributed by atoms with Crippen molar-refractivity contribution in [3.8, 4) is 5.75 Å². The van der Waals surface area contributed by atoms with Crippen molar-refractivity contribution >= 4 is 29.2 Å². The Kier molecular flexibility index (Phi) is 10.0. The molecule has 0 aliphatic carbocycles. The topological polar surface area (TPSA) is 109 Å². The monoisotopic (exact) mass is 439 g/mol. The number of methoxy groups -OCH3 is 1. The lowest BCUT2D eigenvalue weighted by Crippen LogP contribution is -2.35. The van der Waals surface area contributed by atoms with Crippen LogP contribution in [0.4, 0.5) is 10.5 Å². The van der Waals surface area contributed by atoms with E-state index in [0.29, 0.717) is 47.6 Å². The molecule has 0 radical (unpaired) electrons. The highest BCUT2D eigenvalue weighted by Crippen LogP contribution is 2.28. The number of halogens is 1. The number of hydrogen-bond donors (Lipinski definition) is 4. The summed E-state index contributed by atoms with van der Waals surface area (Å²) in [4.78, 5) is 26.3. The average molecular weight is 440 g/mol. The Morgan fingerprint density at radius 1 is 1.23 bits per heavy atom. The summed E-state index contributed by atoms with van der Waals surface area (Å²) < 4.78 is 5.25. The lowest BCUT2D eigenvalue weighted by Gasteiger charge is -2.17. The van der Waals surface area contributed by atoms with Crippen LogP contribution in [-0.4, -0.2) is 63.2 Å². The first-order chi connectivity index (χ1) is 14.4. The van der Waals surface area contributed by atoms with Crippen molar-refractivity contribution in [3.05, 3.63) is 22.7 Å². The lowest BCUT2D eigenvalue weighted by atomic mass is 10.1. The number of ether oxygens (including phenoxy) is 1. The Morgan fingerprint density at radius 3 is 2.77 bits per heavy atom. The van der Waals surface area contributed by atoms with Crippen LogP contribution >= 0.6 is 11.6 Å². The van der Waals surface area contributed by atoms with Gasteiger partial charge in [0, 0.05) is 32.2 Å². The minimum atomic E-state index is -0.202. The average Bonchev–Trinajstić information content (AvgIpc) is 3.18. The van der Waals surface area contributed by atoms with Gasteiger partial charge in [0.15, 0.2) is 0 Å². The standard InChI is InChI=1S/C21H34ClN5O3/c1-3-24-21(29)25-8-5-4-6-9-27-10-7-15(14-27)13-26-20(28)16-11-17(22)18(23)12-19(16)30-2/h11-12,15H,3-10,13-14,23H2,1-2H3,(H,26,28)(H2,24,25,29)/t15-/m1/s1. The van der Waals surface area contributed by atoms with Crippen LogP contribution in [0.15, 0.2) is 12.1 Å². The molecule has 0 saturated carbocycles. The Bertz CT molecular complexity index is 716. The van der Waals surface area contributed by atoms with Gasteiger partial charge < -0.3 is 31.3 Å². The number of carbonyl (C=O) groups is 2. The molecular weight excluding hydrogens is 406 g/mol. The number of amides is 3. The molecule has 0 unspecified atom stereocenters. The van der Waals surface area contributed by atoms with E-state index in [4.69, 9.17) is 22.1 Å². The number of nitrogens with zero attached hydrogens (tertiary/aromatic N) is 1. The molecule has 1 heterocycles. The molecule has 1 aliphatic heterocycles. The summed E-state index contributed by atoms with van der Waals surface area (Å²) in [6, 6.07) is 3.02. The number of nitrogens with one attached hydrogen (secondary N) is 3. The number of benzene rings is 1. The molecule has 5 N–H and O–H groups in total. The lowest BCUT2D eigenvalue weighted by molar-refractivity contribution is 0.0944. The van der Waals surface area contributed by atoms with E-state index in [1.807, 2.05) is 6.92 Å². The highest BCUT2D eigenvalue weighted by atomic mass is 35.5. The Hall–Kier alpha value is -2.19. The van der Waals surface area contributed by atoms with Crippen molar-refractivity contribution in [3.63, 3.8) is 0 Å². The van der Waals surface area contributed by atoms with E-state index >= 15 is 0 Å². The van der Waals surface area contributed by atoms with Crippen molar-refractivity contribution in [1.29, 1.82) is 0 Å². The number of nitrogen functional groups attached to an aromatic ring is 1. The highest BCUT2D eigenvalue weighted by molar-refractivity contribution is 6.33. The van der Waals surface area contributed by atoms with Crippen molar-refractivity contribution in [1.82, 2.24) is 20.9 Å². The van der Waals surface area contributed by atoms with Crippen LogP contribution in [0, 0.1) is 5.92 Å². The third-order valence-corrected chi connectivity index (χ3v) is 5.59. The molecule has 1 aromatic rings. The number of hydrogen-bond acceptors (Lipinski definition) is 5. The molecule has 30 heavy (non-hydrogen) atoms. The third-order valence-electron chi connectivity index (χ3n) is 5.26. The van der Waals surface area contributed by atoms with Crippen LogP contribution in [0.5, 0.6) is 5.75 Å². The maximum atomic E-state index is 12.5. The first-order valence-electron chi connectivity index (χ1n) is 10.6. The zero-order chi connectivity index (χ0) is 21.9. The normalized spacial score (nSPS) is 16.3. The van der Waals surface area contributed by atoms with Gasteiger partial charge in [-0.25, -0.2) is 4.79 Å². The summed E-state index contributed by atoms with van der Waals surface area (Å²) in [6.45, 7) is 6.96. The second-order valence-electron chi connectivity index (χ2n) is 7.59. The van der Waals surface area contributed by atoms with Gasteiger partial charge in [0.2, 0.25) is 0 Å². The molecule has 1 aliphatic rings. The number of likely N-dealkylation sites (tertiary alicyclic amines) is 1. The number of carbonyl (C=O) groups excluding carboxylic acids is 2. The maximum absolute atomic E-state index is 12.5. The van der Waals surface area contributed by atoms with E-state index in [1.54, 1.807) is 12.1 Å². The second-order valence-corrected chi connectivity index (χ2v) is 7.99. The van der Waals surface area contributed by atoms with Gasteiger partial charge in [0.05, 0.1) is 23.4 Å². The molecule has 0 spiro atoms. The van der Waals surface area contributed by atoms with E-state index in [9.17, 15) is 9.59 Å². The van der Waals surface area contributed by atoms with Gasteiger partial charge in [-0.3, -0.25) is 4.79 Å². The van der Waals surface area contributed by atoms with Gasteiger partial charge >= 0.3 is 6.03 Å². The second kappa shape index (κ2) is 12.5. The predicted molar refractivity (Wildman–Crippen MR) is 120 cm³/mol. The molecule has 1 aromatic carbocycles. The molecule has 1 atom stereocenters. The van der Waals surface area contributed by atoms with Crippen LogP contribution in [0.25, 0.3) is 0 Å². The van der Waals surface area contributed by atoms with Gasteiger partial charge in [0.25, 0.3) is 5.91 Å². The minimum absolute atomic E-state index is 0.0965. The fourth-order valence-corrected chi connectivity index (χ4v) is 3.76. The summed E-state index contributed by atoms with van der Waals surface area (Å²) >= 11 is 6.05. The summed E-state index contributed by atoms with van der Waals surface area (Å²) in [7, 11) is 1.50. The van der Waals surface area contributed by atoms with Gasteiger partial charge in [-0.05, 0) is 51.3 Å². The molecule has 0 bridgehead atoms. The van der Waals surface area contributed by atoms with Crippen LogP contribution in [0.3, 0.4) is 0 Å². The third kappa shape index (κ3) is 7.57. The molecule has 1 fully saturated rings. The number of unbranched alkanes of at least 4 members (excludes halogenated alkanes) is 2. The largest absolute Gasteiger partial charge is 0.496 e. The Balaban J connectivity index is 1.64. The first kappa shape index (κ1) is 24.1. The van der Waals surface area contributed by atoms with Crippen LogP contribution in [0.1, 0.15) is 43.0 Å². The van der Waals surface area contributed by atoms with Crippen molar-refractivity contribution < 1.29 is 14.3 Å². The zero-order valence-corrected chi connectivity index (χ0v) is 18.7. The quantitative estimate of drug-likeness (QED) is 0.313. The smallest absolute Gasteiger partial charge is 0.314 e. The highest BCUT2D eigenvalue weighted by Gasteiger charge is 2.23.